The topological polar surface area (TPSA) is 12.9 Å². The summed E-state index contributed by atoms with van der Waals surface area (Å²) in [5, 5.41) is 3.32. The van der Waals surface area contributed by atoms with E-state index in [0.717, 1.165) is 6.42 Å². The quantitative estimate of drug-likeness (QED) is 0.729. The molecule has 0 fully saturated rings. The van der Waals surface area contributed by atoms with E-state index in [9.17, 15) is 0 Å². The van der Waals surface area contributed by atoms with Gasteiger partial charge in [-0.1, -0.05) is 30.7 Å². The molecule has 0 saturated heterocycles. The predicted octanol–water partition coefficient (Wildman–Crippen LogP) is 3.91. The number of thiazole rings is 1. The first-order chi connectivity index (χ1) is 6.86. The van der Waals surface area contributed by atoms with Crippen LogP contribution in [0.2, 0.25) is 0 Å². The molecule has 0 spiro atoms. The lowest BCUT2D eigenvalue weighted by Crippen LogP contribution is -1.96. The normalized spacial score (nSPS) is 17.9. The molecule has 1 aromatic heterocycles. The van der Waals surface area contributed by atoms with Gasteiger partial charge in [0.1, 0.15) is 0 Å². The van der Waals surface area contributed by atoms with Gasteiger partial charge >= 0.3 is 0 Å². The van der Waals surface area contributed by atoms with E-state index in [1.54, 1.807) is 16.9 Å². The molecule has 74 valence electrons. The van der Waals surface area contributed by atoms with Crippen LogP contribution in [0.25, 0.3) is 0 Å². The summed E-state index contributed by atoms with van der Waals surface area (Å²) in [6.45, 7) is 2.26. The van der Waals surface area contributed by atoms with Gasteiger partial charge in [0.15, 0.2) is 0 Å². The molecule has 1 unspecified atom stereocenters. The van der Waals surface area contributed by atoms with E-state index in [2.05, 4.69) is 35.5 Å². The third-order valence-corrected chi connectivity index (χ3v) is 3.55. The molecule has 1 atom stereocenters. The molecular formula is C12H15NS. The highest BCUT2D eigenvalue weighted by Gasteiger charge is 2.10. The summed E-state index contributed by atoms with van der Waals surface area (Å²) in [5.74, 6) is 0.577. The zero-order valence-electron chi connectivity index (χ0n) is 8.44. The van der Waals surface area contributed by atoms with Crippen molar-refractivity contribution in [1.82, 2.24) is 4.98 Å². The van der Waals surface area contributed by atoms with Crippen LogP contribution in [0.1, 0.15) is 37.1 Å². The molecule has 0 amide bonds. The molecular weight excluding hydrogens is 190 g/mol. The summed E-state index contributed by atoms with van der Waals surface area (Å²) in [6.07, 6.45) is 12.2. The smallest absolute Gasteiger partial charge is 0.0956 e. The van der Waals surface area contributed by atoms with Gasteiger partial charge in [0.2, 0.25) is 0 Å². The van der Waals surface area contributed by atoms with Crippen molar-refractivity contribution >= 4 is 11.3 Å². The Balaban J connectivity index is 1.97. The first kappa shape index (κ1) is 9.66. The average molecular weight is 205 g/mol. The first-order valence-corrected chi connectivity index (χ1v) is 5.98. The van der Waals surface area contributed by atoms with Crippen molar-refractivity contribution in [3.8, 4) is 0 Å². The van der Waals surface area contributed by atoms with Gasteiger partial charge < -0.3 is 0 Å². The fourth-order valence-electron chi connectivity index (χ4n) is 1.78. The van der Waals surface area contributed by atoms with Gasteiger partial charge in [-0.25, -0.2) is 4.98 Å². The largest absolute Gasteiger partial charge is 0.249 e. The van der Waals surface area contributed by atoms with Crippen LogP contribution in [-0.2, 0) is 0 Å². The number of hydrogen-bond acceptors (Lipinski definition) is 2. The van der Waals surface area contributed by atoms with Crippen LogP contribution < -0.4 is 0 Å². The monoisotopic (exact) mass is 205 g/mol. The van der Waals surface area contributed by atoms with Crippen LogP contribution in [0.15, 0.2) is 35.4 Å². The van der Waals surface area contributed by atoms with Crippen LogP contribution in [0.3, 0.4) is 0 Å². The second kappa shape index (κ2) is 4.56. The number of nitrogens with zero attached hydrogens (tertiary/aromatic N) is 1. The van der Waals surface area contributed by atoms with Crippen molar-refractivity contribution in [2.24, 2.45) is 0 Å². The maximum absolute atomic E-state index is 4.35. The molecule has 1 aromatic rings. The Labute approximate surface area is 89.2 Å². The number of rotatable bonds is 3. The Morgan fingerprint density at radius 1 is 1.57 bits per heavy atom. The van der Waals surface area contributed by atoms with E-state index < -0.39 is 0 Å². The van der Waals surface area contributed by atoms with Crippen LogP contribution in [-0.4, -0.2) is 4.98 Å². The summed E-state index contributed by atoms with van der Waals surface area (Å²) >= 11 is 1.76. The van der Waals surface area contributed by atoms with E-state index in [1.807, 2.05) is 6.20 Å². The van der Waals surface area contributed by atoms with Crippen molar-refractivity contribution < 1.29 is 0 Å². The highest BCUT2D eigenvalue weighted by atomic mass is 32.1. The SMILES string of the molecule is CC(CC1=CC=CCC1)c1nccs1. The molecule has 0 aliphatic heterocycles. The molecule has 1 aliphatic rings. The number of hydrogen-bond donors (Lipinski definition) is 0. The highest BCUT2D eigenvalue weighted by Crippen LogP contribution is 2.27. The van der Waals surface area contributed by atoms with Crippen molar-refractivity contribution in [1.29, 1.82) is 0 Å². The minimum Gasteiger partial charge on any atom is -0.249 e. The Hall–Kier alpha value is -0.890. The minimum absolute atomic E-state index is 0.577. The second-order valence-electron chi connectivity index (χ2n) is 3.77. The average Bonchev–Trinajstić information content (AvgIpc) is 2.72. The van der Waals surface area contributed by atoms with Crippen molar-refractivity contribution in [3.63, 3.8) is 0 Å². The fraction of sp³-hybridized carbons (Fsp3) is 0.417. The lowest BCUT2D eigenvalue weighted by molar-refractivity contribution is 0.712. The highest BCUT2D eigenvalue weighted by molar-refractivity contribution is 7.09. The molecule has 0 aromatic carbocycles. The Kier molecular flexibility index (Phi) is 3.14. The Bertz CT molecular complexity index is 335. The lowest BCUT2D eigenvalue weighted by Gasteiger charge is -2.12. The predicted molar refractivity (Wildman–Crippen MR) is 61.6 cm³/mol. The third-order valence-electron chi connectivity index (χ3n) is 2.54. The van der Waals surface area contributed by atoms with E-state index in [1.165, 1.54) is 17.8 Å². The van der Waals surface area contributed by atoms with Crippen molar-refractivity contribution in [3.05, 3.63) is 40.4 Å². The van der Waals surface area contributed by atoms with Crippen molar-refractivity contribution in [2.45, 2.75) is 32.1 Å². The molecule has 0 bridgehead atoms. The van der Waals surface area contributed by atoms with Gasteiger partial charge in [-0.2, -0.15) is 0 Å². The fourth-order valence-corrected chi connectivity index (χ4v) is 2.48. The summed E-state index contributed by atoms with van der Waals surface area (Å²) in [4.78, 5) is 4.35. The maximum Gasteiger partial charge on any atom is 0.0956 e. The second-order valence-corrected chi connectivity index (χ2v) is 4.69. The zero-order chi connectivity index (χ0) is 9.80. The molecule has 2 heteroatoms. The van der Waals surface area contributed by atoms with Crippen LogP contribution in [0.5, 0.6) is 0 Å². The third kappa shape index (κ3) is 2.32. The molecule has 1 nitrogen and oxygen atoms in total. The van der Waals surface area contributed by atoms with E-state index >= 15 is 0 Å². The number of aromatic nitrogens is 1. The molecule has 0 saturated carbocycles. The standard InChI is InChI=1S/C12H15NS/c1-10(12-13-7-8-14-12)9-11-5-3-2-4-6-11/h2-3,5,7-8,10H,4,6,9H2,1H3. The Morgan fingerprint density at radius 2 is 2.50 bits per heavy atom. The number of allylic oxidation sites excluding steroid dienone is 4. The molecule has 14 heavy (non-hydrogen) atoms. The van der Waals surface area contributed by atoms with Gasteiger partial charge in [0, 0.05) is 17.5 Å². The molecule has 0 radical (unpaired) electrons. The van der Waals surface area contributed by atoms with E-state index in [4.69, 9.17) is 0 Å². The molecule has 1 heterocycles. The van der Waals surface area contributed by atoms with Gasteiger partial charge in [-0.3, -0.25) is 0 Å². The van der Waals surface area contributed by atoms with Crippen LogP contribution >= 0.6 is 11.3 Å². The molecule has 2 rings (SSSR count). The van der Waals surface area contributed by atoms with Crippen LogP contribution in [0.4, 0.5) is 0 Å². The van der Waals surface area contributed by atoms with Gasteiger partial charge in [-0.05, 0) is 19.3 Å². The van der Waals surface area contributed by atoms with E-state index in [-0.39, 0.29) is 0 Å². The van der Waals surface area contributed by atoms with Gasteiger partial charge in [0.25, 0.3) is 0 Å². The van der Waals surface area contributed by atoms with E-state index in [0.29, 0.717) is 5.92 Å². The molecule has 1 aliphatic carbocycles. The van der Waals surface area contributed by atoms with Gasteiger partial charge in [-0.15, -0.1) is 11.3 Å². The first-order valence-electron chi connectivity index (χ1n) is 5.10. The maximum atomic E-state index is 4.35. The summed E-state index contributed by atoms with van der Waals surface area (Å²) in [6, 6.07) is 0. The molecule has 0 N–H and O–H groups in total. The summed E-state index contributed by atoms with van der Waals surface area (Å²) in [5.41, 5.74) is 1.57. The van der Waals surface area contributed by atoms with Crippen molar-refractivity contribution in [2.75, 3.05) is 0 Å². The zero-order valence-corrected chi connectivity index (χ0v) is 9.26. The summed E-state index contributed by atoms with van der Waals surface area (Å²) < 4.78 is 0. The minimum atomic E-state index is 0.577. The summed E-state index contributed by atoms with van der Waals surface area (Å²) in [7, 11) is 0. The van der Waals surface area contributed by atoms with Gasteiger partial charge in [0.05, 0.1) is 5.01 Å². The Morgan fingerprint density at radius 3 is 3.14 bits per heavy atom. The lowest BCUT2D eigenvalue weighted by atomic mass is 9.95. The van der Waals surface area contributed by atoms with Crippen LogP contribution in [0, 0.1) is 0 Å².